The van der Waals surface area contributed by atoms with E-state index in [1.807, 2.05) is 0 Å². The molecule has 10 nitrogen and oxygen atoms in total. The van der Waals surface area contributed by atoms with E-state index in [1.54, 1.807) is 0 Å². The third-order valence-corrected chi connectivity index (χ3v) is 8.42. The lowest BCUT2D eigenvalue weighted by molar-refractivity contribution is -0.116. The van der Waals surface area contributed by atoms with E-state index in [1.165, 1.54) is 36.5 Å². The molecule has 0 aromatic heterocycles. The molecule has 1 unspecified atom stereocenters. The Morgan fingerprint density at radius 3 is 2.31 bits per heavy atom. The topological polar surface area (TPSA) is 122 Å². The van der Waals surface area contributed by atoms with Gasteiger partial charge < -0.3 is 14.8 Å². The number of halogens is 2. The first-order chi connectivity index (χ1) is 16.4. The predicted molar refractivity (Wildman–Crippen MR) is 124 cm³/mol. The first-order valence-corrected chi connectivity index (χ1v) is 13.7. The van der Waals surface area contributed by atoms with Crippen LogP contribution in [0.1, 0.15) is 6.92 Å². The van der Waals surface area contributed by atoms with Gasteiger partial charge in [0, 0.05) is 19.2 Å². The number of carbonyl (C=O) groups excluding carboxylic acids is 1. The number of nitrogens with one attached hydrogen (secondary N) is 1. The van der Waals surface area contributed by atoms with Gasteiger partial charge in [-0.3, -0.25) is 9.10 Å². The molecule has 192 valence electrons. The van der Waals surface area contributed by atoms with E-state index in [2.05, 4.69) is 5.32 Å². The number of anilines is 2. The van der Waals surface area contributed by atoms with E-state index in [-0.39, 0.29) is 48.3 Å². The highest BCUT2D eigenvalue weighted by molar-refractivity contribution is 7.92. The van der Waals surface area contributed by atoms with Crippen LogP contribution < -0.4 is 14.4 Å². The van der Waals surface area contributed by atoms with Crippen LogP contribution >= 0.6 is 0 Å². The Balaban J connectivity index is 1.93. The second-order valence-corrected chi connectivity index (χ2v) is 11.5. The Kier molecular flexibility index (Phi) is 7.99. The van der Waals surface area contributed by atoms with Crippen LogP contribution in [0.25, 0.3) is 0 Å². The van der Waals surface area contributed by atoms with Crippen molar-refractivity contribution in [2.75, 3.05) is 49.3 Å². The van der Waals surface area contributed by atoms with E-state index >= 15 is 0 Å². The van der Waals surface area contributed by atoms with Gasteiger partial charge in [-0.2, -0.15) is 4.31 Å². The van der Waals surface area contributed by atoms with Crippen molar-refractivity contribution in [3.63, 3.8) is 0 Å². The Labute approximate surface area is 202 Å². The molecule has 0 aliphatic carbocycles. The Hall–Kier alpha value is -2.81. The maximum atomic E-state index is 13.8. The molecule has 0 saturated carbocycles. The normalized spacial score (nSPS) is 15.9. The van der Waals surface area contributed by atoms with Crippen molar-refractivity contribution in [2.24, 2.45) is 0 Å². The van der Waals surface area contributed by atoms with Crippen LogP contribution in [0.5, 0.6) is 5.75 Å². The van der Waals surface area contributed by atoms with Crippen molar-refractivity contribution in [3.8, 4) is 5.75 Å². The van der Waals surface area contributed by atoms with Crippen molar-refractivity contribution < 1.29 is 39.9 Å². The number of rotatable bonds is 8. The van der Waals surface area contributed by atoms with Crippen LogP contribution in [0.2, 0.25) is 0 Å². The van der Waals surface area contributed by atoms with Crippen LogP contribution in [0.4, 0.5) is 20.2 Å². The van der Waals surface area contributed by atoms with Crippen LogP contribution in [0.3, 0.4) is 0 Å². The van der Waals surface area contributed by atoms with E-state index in [9.17, 15) is 30.4 Å². The summed E-state index contributed by atoms with van der Waals surface area (Å²) in [5.41, 5.74) is -0.276. The number of sulfonamides is 2. The average molecular weight is 534 g/mol. The van der Waals surface area contributed by atoms with Gasteiger partial charge in [-0.05, 0) is 37.3 Å². The molecule has 0 spiro atoms. The average Bonchev–Trinajstić information content (AvgIpc) is 2.81. The van der Waals surface area contributed by atoms with Crippen LogP contribution in [0.15, 0.2) is 41.3 Å². The number of amides is 1. The molecule has 35 heavy (non-hydrogen) atoms. The zero-order valence-corrected chi connectivity index (χ0v) is 20.8. The molecule has 1 atom stereocenters. The van der Waals surface area contributed by atoms with Gasteiger partial charge in [0.15, 0.2) is 11.6 Å². The van der Waals surface area contributed by atoms with Gasteiger partial charge in [-0.25, -0.2) is 25.6 Å². The second-order valence-electron chi connectivity index (χ2n) is 7.70. The van der Waals surface area contributed by atoms with Gasteiger partial charge in [0.2, 0.25) is 26.0 Å². The number of morpholine rings is 1. The van der Waals surface area contributed by atoms with Gasteiger partial charge in [-0.1, -0.05) is 0 Å². The molecule has 3 rings (SSSR count). The SMILES string of the molecule is COc1ccc(S(=O)(=O)N2CCOCC2)cc1NC(=O)C(C)N(c1ccc(F)c(F)c1)S(C)(=O)=O. The van der Waals surface area contributed by atoms with E-state index in [0.29, 0.717) is 10.4 Å². The molecule has 2 aromatic carbocycles. The number of nitrogens with zero attached hydrogens (tertiary/aromatic N) is 2. The largest absolute Gasteiger partial charge is 0.495 e. The van der Waals surface area contributed by atoms with E-state index in [4.69, 9.17) is 9.47 Å². The fraction of sp³-hybridized carbons (Fsp3) is 0.381. The summed E-state index contributed by atoms with van der Waals surface area (Å²) in [7, 11) is -6.69. The molecule has 1 fully saturated rings. The summed E-state index contributed by atoms with van der Waals surface area (Å²) in [6.07, 6.45) is 0.814. The summed E-state index contributed by atoms with van der Waals surface area (Å²) in [5, 5.41) is 2.48. The lowest BCUT2D eigenvalue weighted by Gasteiger charge is -2.29. The summed E-state index contributed by atoms with van der Waals surface area (Å²) in [5.74, 6) is -3.20. The summed E-state index contributed by atoms with van der Waals surface area (Å²) < 4.78 is 90.3. The van der Waals surface area contributed by atoms with Gasteiger partial charge >= 0.3 is 0 Å². The third-order valence-electron chi connectivity index (χ3n) is 5.28. The summed E-state index contributed by atoms with van der Waals surface area (Å²) in [6.45, 7) is 2.09. The predicted octanol–water partition coefficient (Wildman–Crippen LogP) is 1.79. The van der Waals surface area contributed by atoms with Gasteiger partial charge in [0.05, 0.1) is 42.8 Å². The maximum absolute atomic E-state index is 13.8. The number of carbonyl (C=O) groups is 1. The van der Waals surface area contributed by atoms with Crippen molar-refractivity contribution in [1.29, 1.82) is 0 Å². The van der Waals surface area contributed by atoms with Gasteiger partial charge in [0.1, 0.15) is 11.8 Å². The number of methoxy groups -OCH3 is 1. The number of benzene rings is 2. The smallest absolute Gasteiger partial charge is 0.248 e. The fourth-order valence-corrected chi connectivity index (χ4v) is 6.15. The third kappa shape index (κ3) is 5.89. The molecule has 1 heterocycles. The standard InChI is InChI=1S/C21H25F2N3O7S2/c1-14(26(34(3,28)29)15-4-6-17(22)18(23)12-15)21(27)24-19-13-16(5-7-20(19)32-2)35(30,31)25-8-10-33-11-9-25/h4-7,12-14H,8-11H2,1-3H3,(H,24,27). The molecular formula is C21H25F2N3O7S2. The molecule has 0 bridgehead atoms. The molecule has 1 saturated heterocycles. The number of ether oxygens (including phenoxy) is 2. The molecule has 1 amide bonds. The highest BCUT2D eigenvalue weighted by Crippen LogP contribution is 2.30. The van der Waals surface area contributed by atoms with Crippen LogP contribution in [-0.2, 0) is 29.6 Å². The maximum Gasteiger partial charge on any atom is 0.248 e. The van der Waals surface area contributed by atoms with Crippen molar-refractivity contribution in [1.82, 2.24) is 4.31 Å². The Morgan fingerprint density at radius 2 is 1.74 bits per heavy atom. The number of hydrogen-bond donors (Lipinski definition) is 1. The molecule has 1 N–H and O–H groups in total. The Bertz CT molecular complexity index is 1310. The summed E-state index contributed by atoms with van der Waals surface area (Å²) in [6, 6.07) is 4.91. The zero-order chi connectivity index (χ0) is 26.0. The molecule has 0 radical (unpaired) electrons. The summed E-state index contributed by atoms with van der Waals surface area (Å²) in [4.78, 5) is 12.9. The van der Waals surface area contributed by atoms with Crippen LogP contribution in [-0.4, -0.2) is 72.8 Å². The van der Waals surface area contributed by atoms with Gasteiger partial charge in [-0.15, -0.1) is 0 Å². The fourth-order valence-electron chi connectivity index (χ4n) is 3.55. The molecule has 1 aliphatic heterocycles. The zero-order valence-electron chi connectivity index (χ0n) is 19.2. The first-order valence-electron chi connectivity index (χ1n) is 10.4. The first kappa shape index (κ1) is 26.8. The van der Waals surface area contributed by atoms with E-state index in [0.717, 1.165) is 18.4 Å². The minimum absolute atomic E-state index is 0.0163. The molecule has 2 aromatic rings. The lowest BCUT2D eigenvalue weighted by atomic mass is 10.2. The monoisotopic (exact) mass is 533 g/mol. The minimum Gasteiger partial charge on any atom is -0.495 e. The second kappa shape index (κ2) is 10.4. The lowest BCUT2D eigenvalue weighted by Crippen LogP contribution is -2.45. The molecule has 14 heteroatoms. The van der Waals surface area contributed by atoms with Crippen LogP contribution in [0, 0.1) is 11.6 Å². The highest BCUT2D eigenvalue weighted by atomic mass is 32.2. The van der Waals surface area contributed by atoms with Crippen molar-refractivity contribution in [3.05, 3.63) is 48.0 Å². The Morgan fingerprint density at radius 1 is 1.09 bits per heavy atom. The minimum atomic E-state index is -4.11. The van der Waals surface area contributed by atoms with Crippen molar-refractivity contribution in [2.45, 2.75) is 17.9 Å². The summed E-state index contributed by atoms with van der Waals surface area (Å²) >= 11 is 0. The van der Waals surface area contributed by atoms with Gasteiger partial charge in [0.25, 0.3) is 0 Å². The van der Waals surface area contributed by atoms with Crippen molar-refractivity contribution >= 4 is 37.3 Å². The molecular weight excluding hydrogens is 508 g/mol. The quantitative estimate of drug-likeness (QED) is 0.549. The van der Waals surface area contributed by atoms with E-state index < -0.39 is 43.6 Å². The highest BCUT2D eigenvalue weighted by Gasteiger charge is 2.31. The molecule has 1 aliphatic rings. The number of hydrogen-bond acceptors (Lipinski definition) is 7.